The number of halogens is 3. The minimum atomic E-state index is -4.45. The van der Waals surface area contributed by atoms with E-state index in [0.29, 0.717) is 32.4 Å². The molecular formula is C22H16F3N3O2S3. The predicted molar refractivity (Wildman–Crippen MR) is 127 cm³/mol. The highest BCUT2D eigenvalue weighted by atomic mass is 32.2. The number of hydrogen-bond acceptors (Lipinski definition) is 5. The molecule has 0 radical (unpaired) electrons. The molecule has 0 unspecified atom stereocenters. The third-order valence-corrected chi connectivity index (χ3v) is 7.11. The Kier molecular flexibility index (Phi) is 6.21. The van der Waals surface area contributed by atoms with E-state index in [1.165, 1.54) is 17.4 Å². The lowest BCUT2D eigenvalue weighted by Gasteiger charge is -2.14. The second-order valence-corrected chi connectivity index (χ2v) is 9.77. The topological polar surface area (TPSA) is 54.3 Å². The first-order valence-electron chi connectivity index (χ1n) is 9.55. The van der Waals surface area contributed by atoms with Crippen molar-refractivity contribution in [3.63, 3.8) is 0 Å². The zero-order valence-corrected chi connectivity index (χ0v) is 19.7. The lowest BCUT2D eigenvalue weighted by molar-refractivity contribution is -0.137. The molecule has 1 aliphatic rings. The highest BCUT2D eigenvalue weighted by molar-refractivity contribution is 8.26. The first-order chi connectivity index (χ1) is 15.6. The molecule has 170 valence electrons. The minimum absolute atomic E-state index is 0.183. The predicted octanol–water partition coefficient (Wildman–Crippen LogP) is 5.72. The Hall–Kier alpha value is -2.89. The van der Waals surface area contributed by atoms with Crippen molar-refractivity contribution >= 4 is 57.5 Å². The van der Waals surface area contributed by atoms with Crippen LogP contribution >= 0.6 is 35.3 Å². The molecule has 2 amide bonds. The third kappa shape index (κ3) is 4.61. The van der Waals surface area contributed by atoms with E-state index in [9.17, 15) is 22.8 Å². The first kappa shape index (κ1) is 23.3. The molecule has 1 aliphatic heterocycles. The largest absolute Gasteiger partial charge is 0.416 e. The summed E-state index contributed by atoms with van der Waals surface area (Å²) >= 11 is 7.53. The summed E-state index contributed by atoms with van der Waals surface area (Å²) in [7, 11) is 0. The molecule has 2 aromatic heterocycles. The molecule has 33 heavy (non-hydrogen) atoms. The van der Waals surface area contributed by atoms with E-state index in [1.54, 1.807) is 54.1 Å². The van der Waals surface area contributed by atoms with Crippen molar-refractivity contribution in [3.05, 3.63) is 80.1 Å². The van der Waals surface area contributed by atoms with Gasteiger partial charge in [-0.2, -0.15) is 18.2 Å². The van der Waals surface area contributed by atoms with Crippen LogP contribution in [0.15, 0.2) is 52.7 Å². The molecule has 1 aromatic carbocycles. The second kappa shape index (κ2) is 8.81. The molecule has 1 saturated heterocycles. The van der Waals surface area contributed by atoms with Gasteiger partial charge in [0.1, 0.15) is 0 Å². The van der Waals surface area contributed by atoms with Crippen LogP contribution in [0.4, 0.5) is 13.2 Å². The Morgan fingerprint density at radius 1 is 1.15 bits per heavy atom. The highest BCUT2D eigenvalue weighted by Crippen LogP contribution is 2.34. The molecule has 0 atom stereocenters. The van der Waals surface area contributed by atoms with Crippen molar-refractivity contribution in [2.45, 2.75) is 20.0 Å². The van der Waals surface area contributed by atoms with Crippen LogP contribution in [-0.4, -0.2) is 25.7 Å². The molecular weight excluding hydrogens is 491 g/mol. The summed E-state index contributed by atoms with van der Waals surface area (Å²) in [6, 6.07) is 10.2. The number of hydrogen-bond donors (Lipinski definition) is 1. The van der Waals surface area contributed by atoms with Crippen LogP contribution < -0.4 is 5.43 Å². The van der Waals surface area contributed by atoms with Gasteiger partial charge in [-0.3, -0.25) is 15.0 Å². The molecule has 4 rings (SSSR count). The Labute approximate surface area is 200 Å². The van der Waals surface area contributed by atoms with Crippen molar-refractivity contribution in [3.8, 4) is 5.69 Å². The number of hydrazine groups is 1. The standard InChI is InChI=1S/C22H16F3N3O2S3/c1-12-9-14(13(2)27(12)16-6-3-5-15(11-16)22(23,24)25)10-18-20(30)28(21(31)33-18)26-19(29)17-7-4-8-32-17/h3-11H,1-2H3,(H,26,29)/b18-10-. The maximum absolute atomic E-state index is 13.2. The van der Waals surface area contributed by atoms with Crippen molar-refractivity contribution in [1.29, 1.82) is 0 Å². The number of carbonyl (C=O) groups is 2. The zero-order valence-electron chi connectivity index (χ0n) is 17.3. The van der Waals surface area contributed by atoms with E-state index < -0.39 is 23.6 Å². The lowest BCUT2D eigenvalue weighted by atomic mass is 10.2. The SMILES string of the molecule is Cc1cc(/C=C2\SC(=S)N(NC(=O)c3cccs3)C2=O)c(C)n1-c1cccc(C(F)(F)F)c1. The summed E-state index contributed by atoms with van der Waals surface area (Å²) in [5.74, 6) is -0.913. The number of nitrogens with zero attached hydrogens (tertiary/aromatic N) is 2. The summed E-state index contributed by atoms with van der Waals surface area (Å²) in [5.41, 5.74) is 4.18. The third-order valence-electron chi connectivity index (χ3n) is 4.94. The van der Waals surface area contributed by atoms with Gasteiger partial charge in [0.2, 0.25) is 0 Å². The number of aryl methyl sites for hydroxylation is 1. The van der Waals surface area contributed by atoms with Gasteiger partial charge in [0.15, 0.2) is 4.32 Å². The molecule has 0 saturated carbocycles. The number of rotatable bonds is 4. The molecule has 0 spiro atoms. The normalized spacial score (nSPS) is 15.5. The molecule has 1 N–H and O–H groups in total. The number of thioether (sulfide) groups is 1. The first-order valence-corrected chi connectivity index (χ1v) is 11.7. The van der Waals surface area contributed by atoms with E-state index in [4.69, 9.17) is 12.2 Å². The van der Waals surface area contributed by atoms with E-state index in [1.807, 2.05) is 0 Å². The number of nitrogens with one attached hydrogen (secondary N) is 1. The lowest BCUT2D eigenvalue weighted by Crippen LogP contribution is -2.44. The maximum Gasteiger partial charge on any atom is 0.416 e. The highest BCUT2D eigenvalue weighted by Gasteiger charge is 2.34. The van der Waals surface area contributed by atoms with Gasteiger partial charge in [0.05, 0.1) is 15.3 Å². The van der Waals surface area contributed by atoms with Crippen molar-refractivity contribution < 1.29 is 22.8 Å². The van der Waals surface area contributed by atoms with E-state index in [2.05, 4.69) is 5.43 Å². The fourth-order valence-corrected chi connectivity index (χ4v) is 5.21. The van der Waals surface area contributed by atoms with Gasteiger partial charge in [0, 0.05) is 17.1 Å². The molecule has 5 nitrogen and oxygen atoms in total. The average molecular weight is 508 g/mol. The summed E-state index contributed by atoms with van der Waals surface area (Å²) in [6.07, 6.45) is -2.82. The van der Waals surface area contributed by atoms with Crippen molar-refractivity contribution in [2.24, 2.45) is 0 Å². The molecule has 1 fully saturated rings. The van der Waals surface area contributed by atoms with E-state index in [-0.39, 0.29) is 4.32 Å². The summed E-state index contributed by atoms with van der Waals surface area (Å²) in [5, 5.41) is 2.78. The van der Waals surface area contributed by atoms with Crippen LogP contribution in [0.25, 0.3) is 11.8 Å². The Balaban J connectivity index is 1.62. The van der Waals surface area contributed by atoms with Crippen molar-refractivity contribution in [1.82, 2.24) is 15.0 Å². The van der Waals surface area contributed by atoms with Crippen LogP contribution in [0, 0.1) is 13.8 Å². The number of carbonyl (C=O) groups excluding carboxylic acids is 2. The quantitative estimate of drug-likeness (QED) is 0.363. The Morgan fingerprint density at radius 3 is 2.58 bits per heavy atom. The fraction of sp³-hybridized carbons (Fsp3) is 0.136. The molecule has 0 bridgehead atoms. The summed E-state index contributed by atoms with van der Waals surface area (Å²) in [4.78, 5) is 25.9. The maximum atomic E-state index is 13.2. The summed E-state index contributed by atoms with van der Waals surface area (Å²) < 4.78 is 41.3. The van der Waals surface area contributed by atoms with Gasteiger partial charge >= 0.3 is 6.18 Å². The van der Waals surface area contributed by atoms with Gasteiger partial charge in [-0.1, -0.05) is 23.9 Å². The zero-order chi connectivity index (χ0) is 23.9. The van der Waals surface area contributed by atoms with Gasteiger partial charge in [-0.25, -0.2) is 0 Å². The monoisotopic (exact) mass is 507 g/mol. The smallest absolute Gasteiger partial charge is 0.318 e. The van der Waals surface area contributed by atoms with Crippen LogP contribution in [0.2, 0.25) is 0 Å². The van der Waals surface area contributed by atoms with Crippen LogP contribution in [0.5, 0.6) is 0 Å². The molecule has 0 aliphatic carbocycles. The van der Waals surface area contributed by atoms with Gasteiger partial charge in [0.25, 0.3) is 11.8 Å². The van der Waals surface area contributed by atoms with E-state index in [0.717, 1.165) is 28.9 Å². The van der Waals surface area contributed by atoms with Crippen molar-refractivity contribution in [2.75, 3.05) is 0 Å². The Bertz CT molecular complexity index is 1290. The second-order valence-electron chi connectivity index (χ2n) is 7.15. The number of amides is 2. The van der Waals surface area contributed by atoms with Crippen LogP contribution in [0.3, 0.4) is 0 Å². The number of thiocarbonyl (C=S) groups is 1. The van der Waals surface area contributed by atoms with Crippen LogP contribution in [0.1, 0.15) is 32.2 Å². The minimum Gasteiger partial charge on any atom is -0.318 e. The molecule has 3 aromatic rings. The summed E-state index contributed by atoms with van der Waals surface area (Å²) in [6.45, 7) is 3.54. The fourth-order valence-electron chi connectivity index (χ4n) is 3.42. The number of thiophene rings is 1. The van der Waals surface area contributed by atoms with Gasteiger partial charge < -0.3 is 4.57 Å². The van der Waals surface area contributed by atoms with Gasteiger partial charge in [-0.15, -0.1) is 11.3 Å². The average Bonchev–Trinajstić information content (AvgIpc) is 3.44. The van der Waals surface area contributed by atoms with Crippen LogP contribution in [-0.2, 0) is 11.0 Å². The molecule has 11 heteroatoms. The van der Waals surface area contributed by atoms with Gasteiger partial charge in [-0.05, 0) is 73.4 Å². The van der Waals surface area contributed by atoms with E-state index >= 15 is 0 Å². The number of benzene rings is 1. The molecule has 3 heterocycles. The number of alkyl halides is 3. The number of aromatic nitrogens is 1. The Morgan fingerprint density at radius 2 is 1.91 bits per heavy atom.